The van der Waals surface area contributed by atoms with Gasteiger partial charge in [0.05, 0.1) is 26.7 Å². The molecule has 2 aromatic carbocycles. The Morgan fingerprint density at radius 1 is 1.12 bits per heavy atom. The van der Waals surface area contributed by atoms with Crippen LogP contribution in [0, 0.1) is 10.1 Å². The van der Waals surface area contributed by atoms with Crippen LogP contribution in [0.5, 0.6) is 11.5 Å². The van der Waals surface area contributed by atoms with E-state index in [4.69, 9.17) is 9.47 Å². The Bertz CT molecular complexity index is 735. The van der Waals surface area contributed by atoms with Crippen LogP contribution in [0.4, 0.5) is 0 Å². The molecule has 1 saturated heterocycles. The fourth-order valence-corrected chi connectivity index (χ4v) is 3.49. The molecule has 132 valence electrons. The summed E-state index contributed by atoms with van der Waals surface area (Å²) in [4.78, 5) is 13.6. The molecule has 3 rings (SSSR count). The average Bonchev–Trinajstić information content (AvgIpc) is 3.06. The number of methoxy groups -OCH3 is 2. The van der Waals surface area contributed by atoms with Gasteiger partial charge in [-0.1, -0.05) is 30.3 Å². The smallest absolute Gasteiger partial charge is 0.233 e. The van der Waals surface area contributed by atoms with Crippen LogP contribution >= 0.6 is 0 Å². The van der Waals surface area contributed by atoms with E-state index in [-0.39, 0.29) is 10.8 Å². The van der Waals surface area contributed by atoms with Crippen LogP contribution in [-0.4, -0.2) is 43.2 Å². The third-order valence-corrected chi connectivity index (χ3v) is 4.72. The summed E-state index contributed by atoms with van der Waals surface area (Å²) < 4.78 is 10.7. The molecular formula is C19H22N2O4. The van der Waals surface area contributed by atoms with Crippen LogP contribution in [0.15, 0.2) is 48.5 Å². The highest BCUT2D eigenvalue weighted by molar-refractivity contribution is 5.43. The maximum absolute atomic E-state index is 11.6. The molecule has 0 saturated carbocycles. The fraction of sp³-hybridized carbons (Fsp3) is 0.368. The number of likely N-dealkylation sites (tertiary alicyclic amines) is 1. The van der Waals surface area contributed by atoms with Gasteiger partial charge in [0.1, 0.15) is 11.5 Å². The molecule has 1 heterocycles. The lowest BCUT2D eigenvalue weighted by molar-refractivity contribution is -0.521. The molecule has 1 aliphatic heterocycles. The third-order valence-electron chi connectivity index (χ3n) is 4.72. The van der Waals surface area contributed by atoms with Gasteiger partial charge >= 0.3 is 0 Å². The molecule has 2 unspecified atom stereocenters. The molecule has 6 heteroatoms. The lowest BCUT2D eigenvalue weighted by Gasteiger charge is -2.18. The maximum atomic E-state index is 11.6. The number of ether oxygens (including phenoxy) is 2. The number of hydrogen-bond donors (Lipinski definition) is 0. The van der Waals surface area contributed by atoms with Gasteiger partial charge in [-0.2, -0.15) is 0 Å². The summed E-state index contributed by atoms with van der Waals surface area (Å²) in [6.45, 7) is 1.74. The molecule has 0 spiro atoms. The van der Waals surface area contributed by atoms with Crippen LogP contribution in [0.3, 0.4) is 0 Å². The summed E-state index contributed by atoms with van der Waals surface area (Å²) in [5.74, 6) is 1.11. The van der Waals surface area contributed by atoms with E-state index in [2.05, 4.69) is 4.90 Å². The minimum Gasteiger partial charge on any atom is -0.497 e. The monoisotopic (exact) mass is 342 g/mol. The summed E-state index contributed by atoms with van der Waals surface area (Å²) in [6.07, 6.45) is 0. The van der Waals surface area contributed by atoms with Crippen molar-refractivity contribution in [2.45, 2.75) is 18.5 Å². The first-order valence-corrected chi connectivity index (χ1v) is 8.24. The lowest BCUT2D eigenvalue weighted by Crippen LogP contribution is -2.28. The highest BCUT2D eigenvalue weighted by atomic mass is 16.6. The molecule has 1 fully saturated rings. The molecule has 0 bridgehead atoms. The molecule has 0 N–H and O–H groups in total. The largest absolute Gasteiger partial charge is 0.497 e. The second-order valence-electron chi connectivity index (χ2n) is 6.25. The minimum atomic E-state index is -0.662. The lowest BCUT2D eigenvalue weighted by atomic mass is 9.93. The van der Waals surface area contributed by atoms with Crippen LogP contribution in [-0.2, 0) is 6.54 Å². The summed E-state index contributed by atoms with van der Waals surface area (Å²) >= 11 is 0. The van der Waals surface area contributed by atoms with Crippen molar-refractivity contribution in [2.75, 3.05) is 27.3 Å². The second-order valence-corrected chi connectivity index (χ2v) is 6.25. The topological polar surface area (TPSA) is 64.8 Å². The standard InChI is InChI=1S/C19H22N2O4/c1-24-15-8-9-19(25-2)16(10-15)17-12-20(13-18(17)21(22)23)11-14-6-4-3-5-7-14/h3-10,17-18H,11-13H2,1-2H3. The predicted molar refractivity (Wildman–Crippen MR) is 94.8 cm³/mol. The van der Waals surface area contributed by atoms with Gasteiger partial charge in [0.2, 0.25) is 6.04 Å². The van der Waals surface area contributed by atoms with E-state index in [1.165, 1.54) is 0 Å². The van der Waals surface area contributed by atoms with Crippen molar-refractivity contribution in [1.29, 1.82) is 0 Å². The van der Waals surface area contributed by atoms with Crippen molar-refractivity contribution in [1.82, 2.24) is 4.90 Å². The Balaban J connectivity index is 1.88. The van der Waals surface area contributed by atoms with Crippen LogP contribution in [0.25, 0.3) is 0 Å². The Morgan fingerprint density at radius 3 is 2.52 bits per heavy atom. The van der Waals surface area contributed by atoms with E-state index in [1.54, 1.807) is 20.3 Å². The molecule has 0 amide bonds. The average molecular weight is 342 g/mol. The maximum Gasteiger partial charge on any atom is 0.233 e. The van der Waals surface area contributed by atoms with Crippen molar-refractivity contribution in [3.05, 3.63) is 69.8 Å². The Morgan fingerprint density at radius 2 is 1.88 bits per heavy atom. The van der Waals surface area contributed by atoms with Crippen molar-refractivity contribution in [3.63, 3.8) is 0 Å². The van der Waals surface area contributed by atoms with Crippen molar-refractivity contribution >= 4 is 0 Å². The van der Waals surface area contributed by atoms with E-state index in [9.17, 15) is 10.1 Å². The first-order valence-electron chi connectivity index (χ1n) is 8.24. The van der Waals surface area contributed by atoms with E-state index in [0.29, 0.717) is 31.1 Å². The molecular weight excluding hydrogens is 320 g/mol. The molecule has 2 atom stereocenters. The SMILES string of the molecule is COc1ccc(OC)c(C2CN(Cc3ccccc3)CC2[N+](=O)[O-])c1. The van der Waals surface area contributed by atoms with Gasteiger partial charge in [-0.15, -0.1) is 0 Å². The number of nitro groups is 1. The van der Waals surface area contributed by atoms with E-state index >= 15 is 0 Å². The van der Waals surface area contributed by atoms with Crippen molar-refractivity contribution in [2.24, 2.45) is 0 Å². The van der Waals surface area contributed by atoms with Crippen LogP contribution in [0.1, 0.15) is 17.0 Å². The summed E-state index contributed by atoms with van der Waals surface area (Å²) in [7, 11) is 3.18. The Labute approximate surface area is 147 Å². The van der Waals surface area contributed by atoms with Gasteiger partial charge in [-0.05, 0) is 23.8 Å². The number of rotatable bonds is 6. The van der Waals surface area contributed by atoms with Crippen LogP contribution in [0.2, 0.25) is 0 Å². The number of nitrogens with zero attached hydrogens (tertiary/aromatic N) is 2. The van der Waals surface area contributed by atoms with Gasteiger partial charge in [-0.3, -0.25) is 15.0 Å². The van der Waals surface area contributed by atoms with E-state index in [1.807, 2.05) is 42.5 Å². The quantitative estimate of drug-likeness (QED) is 0.596. The van der Waals surface area contributed by atoms with Crippen molar-refractivity contribution < 1.29 is 14.4 Å². The fourth-order valence-electron chi connectivity index (χ4n) is 3.49. The van der Waals surface area contributed by atoms with Gasteiger partial charge in [0, 0.05) is 23.6 Å². The summed E-state index contributed by atoms with van der Waals surface area (Å²) in [5, 5.41) is 11.6. The highest BCUT2D eigenvalue weighted by Gasteiger charge is 2.43. The predicted octanol–water partition coefficient (Wildman–Crippen LogP) is 2.95. The van der Waals surface area contributed by atoms with Crippen LogP contribution < -0.4 is 9.47 Å². The number of benzene rings is 2. The molecule has 0 radical (unpaired) electrons. The zero-order valence-corrected chi connectivity index (χ0v) is 14.4. The minimum absolute atomic E-state index is 0.172. The van der Waals surface area contributed by atoms with Crippen molar-refractivity contribution in [3.8, 4) is 11.5 Å². The first-order chi connectivity index (χ1) is 12.1. The summed E-state index contributed by atoms with van der Waals surface area (Å²) in [5.41, 5.74) is 1.99. The zero-order chi connectivity index (χ0) is 17.8. The van der Waals surface area contributed by atoms with Gasteiger partial charge in [0.25, 0.3) is 0 Å². The van der Waals surface area contributed by atoms with E-state index in [0.717, 1.165) is 11.1 Å². The first kappa shape index (κ1) is 17.2. The van der Waals surface area contributed by atoms with Gasteiger partial charge in [0.15, 0.2) is 0 Å². The Hall–Kier alpha value is -2.60. The van der Waals surface area contributed by atoms with Gasteiger partial charge < -0.3 is 9.47 Å². The molecule has 0 aromatic heterocycles. The number of hydrogen-bond acceptors (Lipinski definition) is 5. The molecule has 0 aliphatic carbocycles. The second kappa shape index (κ2) is 7.53. The van der Waals surface area contributed by atoms with E-state index < -0.39 is 6.04 Å². The highest BCUT2D eigenvalue weighted by Crippen LogP contribution is 2.37. The van der Waals surface area contributed by atoms with Gasteiger partial charge in [-0.25, -0.2) is 0 Å². The zero-order valence-electron chi connectivity index (χ0n) is 14.4. The molecule has 6 nitrogen and oxygen atoms in total. The molecule has 2 aromatic rings. The molecule has 25 heavy (non-hydrogen) atoms. The normalized spacial score (nSPS) is 20.4. The summed E-state index contributed by atoms with van der Waals surface area (Å²) in [6, 6.07) is 14.8. The Kier molecular flexibility index (Phi) is 5.19. The molecule has 1 aliphatic rings. The third kappa shape index (κ3) is 3.74.